The van der Waals surface area contributed by atoms with Gasteiger partial charge in [0.05, 0.1) is 0 Å². The maximum atomic E-state index is 11.2. The van der Waals surface area contributed by atoms with Crippen LogP contribution in [0, 0.1) is 6.42 Å². The maximum Gasteiger partial charge on any atom is 0.217 e. The van der Waals surface area contributed by atoms with Gasteiger partial charge in [-0.15, -0.1) is 6.54 Å². The summed E-state index contributed by atoms with van der Waals surface area (Å²) in [5.74, 6) is 1.04. The van der Waals surface area contributed by atoms with Gasteiger partial charge in [-0.05, 0) is 25.0 Å². The van der Waals surface area contributed by atoms with Crippen molar-refractivity contribution in [2.45, 2.75) is 44.3 Å². The number of hydrogen-bond donors (Lipinski definition) is 3. The first-order chi connectivity index (χ1) is 7.20. The normalized spacial score (nSPS) is 11.7. The van der Waals surface area contributed by atoms with E-state index in [-0.39, 0.29) is 25.4 Å². The van der Waals surface area contributed by atoms with Gasteiger partial charge in [-0.2, -0.15) is 32.2 Å². The zero-order valence-electron chi connectivity index (χ0n) is 10.1. The van der Waals surface area contributed by atoms with Crippen molar-refractivity contribution in [3.63, 3.8) is 0 Å². The monoisotopic (exact) mass is 312 g/mol. The molecule has 0 bridgehead atoms. The molecule has 0 aliphatic heterocycles. The fourth-order valence-corrected chi connectivity index (χ4v) is 2.09. The van der Waals surface area contributed by atoms with Crippen LogP contribution >= 0.6 is 25.3 Å². The molecule has 0 saturated carbocycles. The van der Waals surface area contributed by atoms with Crippen molar-refractivity contribution in [2.24, 2.45) is 0 Å². The minimum atomic E-state index is 0. The molecule has 1 atom stereocenters. The van der Waals surface area contributed by atoms with Gasteiger partial charge in [0.15, 0.2) is 0 Å². The zero-order valence-corrected chi connectivity index (χ0v) is 14.9. The number of nitrogens with one attached hydrogen (secondary N) is 1. The van der Waals surface area contributed by atoms with Gasteiger partial charge in [0.1, 0.15) is 0 Å². The molecule has 0 aliphatic rings. The summed E-state index contributed by atoms with van der Waals surface area (Å²) in [6, 6.07) is 0. The Balaban J connectivity index is 0. The van der Waals surface area contributed by atoms with Crippen LogP contribution in [0.15, 0.2) is 0 Å². The molecule has 16 heavy (non-hydrogen) atoms. The Morgan fingerprint density at radius 2 is 2.06 bits per heavy atom. The van der Waals surface area contributed by atoms with E-state index < -0.39 is 0 Å². The third-order valence-corrected chi connectivity index (χ3v) is 2.93. The van der Waals surface area contributed by atoms with Gasteiger partial charge in [0, 0.05) is 31.1 Å². The van der Waals surface area contributed by atoms with Crippen LogP contribution in [0.5, 0.6) is 0 Å². The number of unbranched alkanes of at least 4 members (excludes halogenated alkanes) is 1. The quantitative estimate of drug-likeness (QED) is 0.260. The Kier molecular flexibility index (Phi) is 16.6. The molecular formula is C11H22NOS2Zn-. The predicted molar refractivity (Wildman–Crippen MR) is 72.7 cm³/mol. The average molecular weight is 314 g/mol. The van der Waals surface area contributed by atoms with Gasteiger partial charge in [-0.1, -0.05) is 6.42 Å². The summed E-state index contributed by atoms with van der Waals surface area (Å²) in [4.78, 5) is 11.2. The summed E-state index contributed by atoms with van der Waals surface area (Å²) in [6.45, 7) is 2.61. The maximum absolute atomic E-state index is 11.2. The summed E-state index contributed by atoms with van der Waals surface area (Å²) < 4.78 is 0. The molecule has 0 fully saturated rings. The van der Waals surface area contributed by atoms with Crippen LogP contribution in [0.4, 0.5) is 0 Å². The van der Waals surface area contributed by atoms with Crippen molar-refractivity contribution >= 4 is 31.2 Å². The third-order valence-electron chi connectivity index (χ3n) is 2.16. The van der Waals surface area contributed by atoms with E-state index in [1.165, 1.54) is 0 Å². The van der Waals surface area contributed by atoms with E-state index in [9.17, 15) is 4.79 Å². The third kappa shape index (κ3) is 12.9. The fourth-order valence-electron chi connectivity index (χ4n) is 1.26. The second-order valence-corrected chi connectivity index (χ2v) is 4.80. The smallest absolute Gasteiger partial charge is 0.217 e. The van der Waals surface area contributed by atoms with Gasteiger partial charge in [0.2, 0.25) is 5.91 Å². The first-order valence-electron chi connectivity index (χ1n) is 5.54. The molecule has 0 heterocycles. The van der Waals surface area contributed by atoms with Gasteiger partial charge >= 0.3 is 0 Å². The van der Waals surface area contributed by atoms with E-state index in [0.29, 0.717) is 18.2 Å². The number of thiol groups is 2. The first kappa shape index (κ1) is 19.1. The Morgan fingerprint density at radius 1 is 1.38 bits per heavy atom. The van der Waals surface area contributed by atoms with Crippen LogP contribution in [0.3, 0.4) is 0 Å². The predicted octanol–water partition coefficient (Wildman–Crippen LogP) is 2.50. The summed E-state index contributed by atoms with van der Waals surface area (Å²) >= 11 is 8.60. The van der Waals surface area contributed by atoms with Crippen LogP contribution < -0.4 is 5.32 Å². The van der Waals surface area contributed by atoms with Crippen LogP contribution in [-0.4, -0.2) is 23.5 Å². The molecule has 1 amide bonds. The molecule has 1 N–H and O–H groups in total. The van der Waals surface area contributed by atoms with Crippen LogP contribution in [0.1, 0.15) is 39.0 Å². The Bertz CT molecular complexity index is 170. The molecule has 0 radical (unpaired) electrons. The van der Waals surface area contributed by atoms with Crippen LogP contribution in [-0.2, 0) is 24.3 Å². The van der Waals surface area contributed by atoms with E-state index in [2.05, 4.69) is 30.6 Å². The Morgan fingerprint density at radius 3 is 2.62 bits per heavy atom. The van der Waals surface area contributed by atoms with E-state index in [4.69, 9.17) is 0 Å². The van der Waals surface area contributed by atoms with Crippen LogP contribution in [0.25, 0.3) is 0 Å². The van der Waals surface area contributed by atoms with Gasteiger partial charge in [0.25, 0.3) is 0 Å². The topological polar surface area (TPSA) is 29.1 Å². The molecule has 0 aromatic carbocycles. The summed E-state index contributed by atoms with van der Waals surface area (Å²) in [7, 11) is 0. The standard InChI is InChI=1S/C11H22NOS2.Zn/c1-2-8-12-11(13)6-4-3-5-10(15)7-9-14;/h2,10,14-15H,3-9H2,1H3,(H,12,13);/q-1;. The van der Waals surface area contributed by atoms with E-state index >= 15 is 0 Å². The Hall–Kier alpha value is 0.793. The number of amides is 1. The van der Waals surface area contributed by atoms with Crippen molar-refractivity contribution < 1.29 is 24.3 Å². The second-order valence-electron chi connectivity index (χ2n) is 3.62. The molecule has 5 heteroatoms. The summed E-state index contributed by atoms with van der Waals surface area (Å²) in [5, 5.41) is 3.26. The van der Waals surface area contributed by atoms with Crippen molar-refractivity contribution in [1.82, 2.24) is 5.32 Å². The van der Waals surface area contributed by atoms with Crippen molar-refractivity contribution in [2.75, 3.05) is 12.3 Å². The molecule has 0 aromatic rings. The molecule has 0 aliphatic carbocycles. The van der Waals surface area contributed by atoms with Gasteiger partial charge in [-0.3, -0.25) is 4.79 Å². The fraction of sp³-hybridized carbons (Fsp3) is 0.818. The Labute approximate surface area is 123 Å². The van der Waals surface area contributed by atoms with Gasteiger partial charge < -0.3 is 11.7 Å². The number of carbonyl (C=O) groups is 1. The van der Waals surface area contributed by atoms with E-state index in [0.717, 1.165) is 31.4 Å². The molecular weight excluding hydrogens is 292 g/mol. The summed E-state index contributed by atoms with van der Waals surface area (Å²) in [5.41, 5.74) is 0. The molecule has 92 valence electrons. The average Bonchev–Trinajstić information content (AvgIpc) is 2.22. The zero-order chi connectivity index (χ0) is 11.5. The number of rotatable bonds is 9. The van der Waals surface area contributed by atoms with Crippen molar-refractivity contribution in [3.05, 3.63) is 6.42 Å². The number of hydrogen-bond acceptors (Lipinski definition) is 3. The van der Waals surface area contributed by atoms with Gasteiger partial charge in [-0.25, -0.2) is 0 Å². The summed E-state index contributed by atoms with van der Waals surface area (Å²) in [6.07, 6.45) is 6.73. The molecule has 0 rings (SSSR count). The number of carbonyl (C=O) groups excluding carboxylic acids is 1. The van der Waals surface area contributed by atoms with E-state index in [1.807, 2.05) is 13.3 Å². The molecule has 0 saturated heterocycles. The van der Waals surface area contributed by atoms with Crippen LogP contribution in [0.2, 0.25) is 0 Å². The SMILES string of the molecule is C[CH-]CNC(=O)CCCCC(S)CCS.[Zn]. The molecule has 2 nitrogen and oxygen atoms in total. The first-order valence-corrected chi connectivity index (χ1v) is 6.69. The van der Waals surface area contributed by atoms with Crippen molar-refractivity contribution in [3.8, 4) is 0 Å². The molecule has 0 aromatic heterocycles. The second kappa shape index (κ2) is 13.9. The molecule has 0 spiro atoms. The van der Waals surface area contributed by atoms with Crippen molar-refractivity contribution in [1.29, 1.82) is 0 Å². The molecule has 1 unspecified atom stereocenters. The minimum Gasteiger partial charge on any atom is -0.386 e. The largest absolute Gasteiger partial charge is 0.386 e. The van der Waals surface area contributed by atoms with E-state index in [1.54, 1.807) is 0 Å². The minimum absolute atomic E-state index is 0.